The maximum atomic E-state index is 14.0. The molecule has 2 fully saturated rings. The summed E-state index contributed by atoms with van der Waals surface area (Å²) in [5, 5.41) is 20.0. The maximum absolute atomic E-state index is 14.0. The molecule has 324 valence electrons. The van der Waals surface area contributed by atoms with Crippen LogP contribution in [0, 0.1) is 0 Å². The normalized spacial score (nSPS) is 19.8. The van der Waals surface area contributed by atoms with Gasteiger partial charge in [-0.25, -0.2) is 9.59 Å². The summed E-state index contributed by atoms with van der Waals surface area (Å²) in [7, 11) is 2.63. The molecule has 2 N–H and O–H groups in total. The van der Waals surface area contributed by atoms with E-state index in [1.54, 1.807) is 24.3 Å². The monoisotopic (exact) mass is 858 g/mol. The van der Waals surface area contributed by atoms with Gasteiger partial charge in [-0.15, -0.1) is 22.7 Å². The molecule has 0 unspecified atom stereocenters. The number of rotatable bonds is 22. The Morgan fingerprint density at radius 1 is 0.707 bits per heavy atom. The first-order valence-corrected chi connectivity index (χ1v) is 21.6. The number of alkyl halides is 4. The zero-order valence-corrected chi connectivity index (χ0v) is 35.4. The molecule has 4 rings (SSSR count). The Balaban J connectivity index is 0.000000310. The summed E-state index contributed by atoms with van der Waals surface area (Å²) in [5.41, 5.74) is 0. The Morgan fingerprint density at radius 2 is 1.09 bits per heavy atom. The molecule has 2 aliphatic rings. The highest BCUT2D eigenvalue weighted by Crippen LogP contribution is 2.36. The second kappa shape index (κ2) is 23.9. The van der Waals surface area contributed by atoms with Gasteiger partial charge in [-0.2, -0.15) is 17.6 Å². The van der Waals surface area contributed by atoms with E-state index in [0.29, 0.717) is 48.3 Å². The van der Waals surface area contributed by atoms with E-state index in [9.17, 15) is 47.0 Å². The van der Waals surface area contributed by atoms with Crippen molar-refractivity contribution in [1.82, 2.24) is 9.80 Å². The fraction of sp³-hybridized carbons (Fsp3) is 0.619. The number of carbonyl (C=O) groups excluding carboxylic acids is 4. The number of thiophene rings is 2. The van der Waals surface area contributed by atoms with Gasteiger partial charge in [0.05, 0.1) is 38.5 Å². The van der Waals surface area contributed by atoms with Gasteiger partial charge in [0.1, 0.15) is 9.75 Å². The van der Waals surface area contributed by atoms with Crippen LogP contribution in [0.1, 0.15) is 120 Å². The fourth-order valence-corrected chi connectivity index (χ4v) is 8.66. The lowest BCUT2D eigenvalue weighted by molar-refractivity contribution is -0.148. The molecule has 2 aliphatic heterocycles. The Hall–Kier alpha value is -3.60. The van der Waals surface area contributed by atoms with Crippen LogP contribution in [0.25, 0.3) is 0 Å². The summed E-state index contributed by atoms with van der Waals surface area (Å²) in [4.78, 5) is 52.4. The van der Waals surface area contributed by atoms with Crippen LogP contribution in [0.4, 0.5) is 17.6 Å². The Kier molecular flexibility index (Phi) is 20.1. The molecule has 4 atom stereocenters. The second-order valence-corrected chi connectivity index (χ2v) is 16.9. The highest BCUT2D eigenvalue weighted by molar-refractivity contribution is 7.14. The van der Waals surface area contributed by atoms with Gasteiger partial charge >= 0.3 is 23.8 Å². The van der Waals surface area contributed by atoms with Crippen molar-refractivity contribution >= 4 is 46.4 Å². The van der Waals surface area contributed by atoms with E-state index in [-0.39, 0.29) is 13.1 Å². The number of ether oxygens (including phenoxy) is 2. The SMILES string of the molecule is CCCCC[C@@H](O)/C=C/[C@H]1CC(F)(F)C(=O)N1CCCc1ccc(C(=O)OC)s1.CCCCC[C@H](O)/C=C/[C@H]1CC(F)(F)C(=O)N1CCCc1ccc(C(=O)OC)s1. The van der Waals surface area contributed by atoms with E-state index in [0.717, 1.165) is 48.3 Å². The molecule has 2 amide bonds. The van der Waals surface area contributed by atoms with Crippen molar-refractivity contribution in [2.45, 2.75) is 140 Å². The summed E-state index contributed by atoms with van der Waals surface area (Å²) in [6, 6.07) is 5.53. The smallest absolute Gasteiger partial charge is 0.348 e. The summed E-state index contributed by atoms with van der Waals surface area (Å²) in [5.74, 6) is -9.87. The van der Waals surface area contributed by atoms with Crippen molar-refractivity contribution in [3.63, 3.8) is 0 Å². The Labute approximate surface area is 346 Å². The van der Waals surface area contributed by atoms with Gasteiger partial charge in [0.25, 0.3) is 11.8 Å². The van der Waals surface area contributed by atoms with Crippen LogP contribution >= 0.6 is 22.7 Å². The predicted molar refractivity (Wildman–Crippen MR) is 217 cm³/mol. The second-order valence-electron chi connectivity index (χ2n) is 14.6. The number of carbonyl (C=O) groups is 4. The molecule has 0 aliphatic carbocycles. The van der Waals surface area contributed by atoms with Crippen LogP contribution in [0.2, 0.25) is 0 Å². The average Bonchev–Trinajstić information content (AvgIpc) is 3.96. The molecule has 0 radical (unpaired) electrons. The van der Waals surface area contributed by atoms with Crippen LogP contribution in [0.3, 0.4) is 0 Å². The van der Waals surface area contributed by atoms with Crippen LogP contribution in [-0.4, -0.2) is 107 Å². The Morgan fingerprint density at radius 3 is 1.43 bits per heavy atom. The standard InChI is InChI=1S/2C21H29F2NO4S/c2*1-3-4-5-7-16(25)10-9-15-14-21(22,23)20(27)24(15)13-6-8-17-11-12-18(29-17)19(26)28-2/h2*9-12,15-16,25H,3-8,13-14H2,1-2H3/b2*10-9+/t15-,16+;15-,16-/m00/s1. The van der Waals surface area contributed by atoms with Crippen molar-refractivity contribution in [3.05, 3.63) is 68.1 Å². The fourth-order valence-electron chi connectivity index (χ4n) is 6.73. The van der Waals surface area contributed by atoms with Gasteiger partial charge in [-0.3, -0.25) is 9.59 Å². The van der Waals surface area contributed by atoms with Gasteiger partial charge in [0.15, 0.2) is 0 Å². The molecule has 16 heteroatoms. The van der Waals surface area contributed by atoms with E-state index in [2.05, 4.69) is 23.3 Å². The molecule has 0 bridgehead atoms. The number of methoxy groups -OCH3 is 2. The number of nitrogens with zero attached hydrogens (tertiary/aromatic N) is 2. The summed E-state index contributed by atoms with van der Waals surface area (Å²) in [6.07, 6.45) is 12.8. The van der Waals surface area contributed by atoms with Crippen molar-refractivity contribution in [1.29, 1.82) is 0 Å². The zero-order chi connectivity index (χ0) is 42.9. The van der Waals surface area contributed by atoms with E-state index in [1.807, 2.05) is 0 Å². The predicted octanol–water partition coefficient (Wildman–Crippen LogP) is 8.40. The van der Waals surface area contributed by atoms with E-state index in [1.165, 1.54) is 71.0 Å². The van der Waals surface area contributed by atoms with Gasteiger partial charge in [-0.05, 0) is 62.8 Å². The maximum Gasteiger partial charge on any atom is 0.348 e. The molecule has 4 heterocycles. The highest BCUT2D eigenvalue weighted by Gasteiger charge is 2.53. The third-order valence-electron chi connectivity index (χ3n) is 9.94. The number of aliphatic hydroxyl groups excluding tert-OH is 2. The largest absolute Gasteiger partial charge is 0.465 e. The summed E-state index contributed by atoms with van der Waals surface area (Å²) >= 11 is 2.60. The van der Waals surface area contributed by atoms with Crippen LogP contribution in [0.15, 0.2) is 48.6 Å². The third-order valence-corrected chi connectivity index (χ3v) is 12.2. The van der Waals surface area contributed by atoms with Crippen molar-refractivity contribution in [2.75, 3.05) is 27.3 Å². The average molecular weight is 859 g/mol. The first-order valence-electron chi connectivity index (χ1n) is 20.0. The lowest BCUT2D eigenvalue weighted by atomic mass is 10.1. The molecule has 2 aromatic rings. The van der Waals surface area contributed by atoms with Gasteiger partial charge in [0, 0.05) is 35.7 Å². The number of unbranched alkanes of at least 4 members (excludes halogenated alkanes) is 4. The van der Waals surface area contributed by atoms with Crippen molar-refractivity contribution in [2.24, 2.45) is 0 Å². The third kappa shape index (κ3) is 14.9. The number of amides is 2. The van der Waals surface area contributed by atoms with Crippen LogP contribution in [0.5, 0.6) is 0 Å². The number of esters is 2. The quantitative estimate of drug-likeness (QED) is 0.0522. The van der Waals surface area contributed by atoms with Gasteiger partial charge < -0.3 is 29.5 Å². The zero-order valence-electron chi connectivity index (χ0n) is 33.8. The topological polar surface area (TPSA) is 134 Å². The van der Waals surface area contributed by atoms with Gasteiger partial charge in [0.2, 0.25) is 0 Å². The molecular formula is C42H58F4N2O8S2. The number of halogens is 4. The molecule has 10 nitrogen and oxygen atoms in total. The molecule has 2 saturated heterocycles. The molecule has 0 saturated carbocycles. The van der Waals surface area contributed by atoms with E-state index in [4.69, 9.17) is 0 Å². The minimum atomic E-state index is -3.37. The summed E-state index contributed by atoms with van der Waals surface area (Å²) in [6.45, 7) is 4.53. The minimum Gasteiger partial charge on any atom is -0.465 e. The molecule has 2 aromatic heterocycles. The van der Waals surface area contributed by atoms with Crippen molar-refractivity contribution in [3.8, 4) is 0 Å². The number of likely N-dealkylation sites (tertiary alicyclic amines) is 2. The van der Waals surface area contributed by atoms with Gasteiger partial charge in [-0.1, -0.05) is 76.7 Å². The Bertz CT molecular complexity index is 1560. The minimum absolute atomic E-state index is 0.195. The lowest BCUT2D eigenvalue weighted by Gasteiger charge is -2.21. The van der Waals surface area contributed by atoms with E-state index >= 15 is 0 Å². The van der Waals surface area contributed by atoms with Crippen LogP contribution < -0.4 is 0 Å². The lowest BCUT2D eigenvalue weighted by Crippen LogP contribution is -2.36. The van der Waals surface area contributed by atoms with Crippen LogP contribution in [-0.2, 0) is 31.9 Å². The summed E-state index contributed by atoms with van der Waals surface area (Å²) < 4.78 is 65.2. The van der Waals surface area contributed by atoms with E-state index < -0.39 is 72.7 Å². The molecule has 58 heavy (non-hydrogen) atoms. The molecule has 0 spiro atoms. The number of aryl methyl sites for hydroxylation is 2. The molecule has 0 aromatic carbocycles. The highest BCUT2D eigenvalue weighted by atomic mass is 32.1. The number of hydrogen-bond donors (Lipinski definition) is 2. The van der Waals surface area contributed by atoms with Crippen molar-refractivity contribution < 1.29 is 56.4 Å². The molecular weight excluding hydrogens is 801 g/mol. The first kappa shape index (κ1) is 48.8. The number of hydrogen-bond acceptors (Lipinski definition) is 10. The first-order chi connectivity index (χ1) is 27.6. The number of aliphatic hydroxyl groups is 2.